The Morgan fingerprint density at radius 2 is 2.03 bits per heavy atom. The second kappa shape index (κ2) is 10.5. The molecule has 3 aromatic rings. The fourth-order valence-corrected chi connectivity index (χ4v) is 5.56. The van der Waals surface area contributed by atoms with Crippen LogP contribution in [-0.4, -0.2) is 40.5 Å². The number of thioether (sulfide) groups is 1. The van der Waals surface area contributed by atoms with E-state index in [0.717, 1.165) is 41.2 Å². The van der Waals surface area contributed by atoms with E-state index in [9.17, 15) is 9.59 Å². The fraction of sp³-hybridized carbons (Fsp3) is 0.250. The van der Waals surface area contributed by atoms with Crippen molar-refractivity contribution in [2.24, 2.45) is 0 Å². The Hall–Kier alpha value is -3.42. The maximum absolute atomic E-state index is 12.9. The van der Waals surface area contributed by atoms with E-state index in [1.165, 1.54) is 11.1 Å². The standard InChI is InChI=1S/C28H28N4O2S/c1-32-13-11-20-7-8-24(15-23(20)18-32)31-27(33)21-5-2-4-19(14-21)16-30-28(34)26-10-9-25(35-26)22-6-3-12-29-17-22/h2-9,12,14-15,17,26H,10-11,13,16,18H2,1H3,(H,30,34)(H,31,33). The first-order valence-electron chi connectivity index (χ1n) is 11.8. The van der Waals surface area contributed by atoms with Gasteiger partial charge in [-0.1, -0.05) is 30.3 Å². The van der Waals surface area contributed by atoms with Gasteiger partial charge in [-0.2, -0.15) is 0 Å². The largest absolute Gasteiger partial charge is 0.351 e. The number of nitrogens with one attached hydrogen (secondary N) is 2. The second-order valence-corrected chi connectivity index (χ2v) is 10.2. The number of carbonyl (C=O) groups is 2. The van der Waals surface area contributed by atoms with Crippen LogP contribution in [-0.2, 0) is 24.3 Å². The van der Waals surface area contributed by atoms with Crippen LogP contribution < -0.4 is 10.6 Å². The molecule has 0 fully saturated rings. The zero-order chi connectivity index (χ0) is 24.2. The molecule has 0 saturated heterocycles. The van der Waals surface area contributed by atoms with Gasteiger partial charge in [0.1, 0.15) is 0 Å². The summed E-state index contributed by atoms with van der Waals surface area (Å²) in [7, 11) is 2.11. The summed E-state index contributed by atoms with van der Waals surface area (Å²) in [4.78, 5) is 33.2. The van der Waals surface area contributed by atoms with Crippen LogP contribution in [0, 0.1) is 0 Å². The Morgan fingerprint density at radius 3 is 2.89 bits per heavy atom. The minimum absolute atomic E-state index is 0.000905. The van der Waals surface area contributed by atoms with Crippen LogP contribution in [0.3, 0.4) is 0 Å². The van der Waals surface area contributed by atoms with Gasteiger partial charge in [-0.05, 0) is 66.9 Å². The maximum Gasteiger partial charge on any atom is 0.255 e. The molecule has 1 atom stereocenters. The number of rotatable bonds is 6. The van der Waals surface area contributed by atoms with Gasteiger partial charge in [0.2, 0.25) is 5.91 Å². The second-order valence-electron chi connectivity index (χ2n) is 9.00. The number of benzene rings is 2. The van der Waals surface area contributed by atoms with E-state index in [1.54, 1.807) is 24.0 Å². The highest BCUT2D eigenvalue weighted by Crippen LogP contribution is 2.39. The molecule has 1 unspecified atom stereocenters. The molecule has 0 spiro atoms. The zero-order valence-corrected chi connectivity index (χ0v) is 20.5. The Bertz CT molecular complexity index is 1270. The summed E-state index contributed by atoms with van der Waals surface area (Å²) < 4.78 is 0. The van der Waals surface area contributed by atoms with Crippen LogP contribution in [0.25, 0.3) is 4.91 Å². The summed E-state index contributed by atoms with van der Waals surface area (Å²) in [6.45, 7) is 2.33. The van der Waals surface area contributed by atoms with Crippen molar-refractivity contribution in [1.29, 1.82) is 0 Å². The molecule has 3 heterocycles. The van der Waals surface area contributed by atoms with Crippen LogP contribution in [0.5, 0.6) is 0 Å². The highest BCUT2D eigenvalue weighted by Gasteiger charge is 2.25. The third kappa shape index (κ3) is 5.63. The highest BCUT2D eigenvalue weighted by atomic mass is 32.2. The average Bonchev–Trinajstić information content (AvgIpc) is 3.38. The van der Waals surface area contributed by atoms with Crippen molar-refractivity contribution in [3.05, 3.63) is 101 Å². The lowest BCUT2D eigenvalue weighted by Gasteiger charge is -2.25. The van der Waals surface area contributed by atoms with Crippen molar-refractivity contribution >= 4 is 34.2 Å². The van der Waals surface area contributed by atoms with Gasteiger partial charge in [0.05, 0.1) is 5.25 Å². The van der Waals surface area contributed by atoms with Gasteiger partial charge >= 0.3 is 0 Å². The normalized spacial score (nSPS) is 17.4. The van der Waals surface area contributed by atoms with Gasteiger partial charge in [-0.15, -0.1) is 11.8 Å². The quantitative estimate of drug-likeness (QED) is 0.540. The molecule has 2 aliphatic heterocycles. The zero-order valence-electron chi connectivity index (χ0n) is 19.7. The summed E-state index contributed by atoms with van der Waals surface area (Å²) in [6, 6.07) is 17.5. The summed E-state index contributed by atoms with van der Waals surface area (Å²) >= 11 is 1.57. The van der Waals surface area contributed by atoms with Gasteiger partial charge < -0.3 is 15.5 Å². The molecule has 2 amide bonds. The number of amides is 2. The van der Waals surface area contributed by atoms with E-state index < -0.39 is 0 Å². The Kier molecular flexibility index (Phi) is 6.97. The minimum atomic E-state index is -0.154. The maximum atomic E-state index is 12.9. The third-order valence-electron chi connectivity index (χ3n) is 6.35. The third-order valence-corrected chi connectivity index (χ3v) is 7.70. The van der Waals surface area contributed by atoms with E-state index in [0.29, 0.717) is 18.5 Å². The molecule has 7 heteroatoms. The summed E-state index contributed by atoms with van der Waals surface area (Å²) in [6.07, 6.45) is 7.38. The Labute approximate surface area is 209 Å². The molecule has 0 aliphatic carbocycles. The van der Waals surface area contributed by atoms with Crippen molar-refractivity contribution in [3.63, 3.8) is 0 Å². The summed E-state index contributed by atoms with van der Waals surface area (Å²) in [5.41, 5.74) is 5.92. The monoisotopic (exact) mass is 484 g/mol. The number of carbonyl (C=O) groups excluding carboxylic acids is 2. The number of hydrogen-bond acceptors (Lipinski definition) is 5. The molecule has 0 bridgehead atoms. The van der Waals surface area contributed by atoms with Crippen molar-refractivity contribution in [2.75, 3.05) is 18.9 Å². The molecular weight excluding hydrogens is 456 g/mol. The van der Waals surface area contributed by atoms with Crippen LogP contribution in [0.2, 0.25) is 0 Å². The van der Waals surface area contributed by atoms with Gasteiger partial charge in [0, 0.05) is 53.7 Å². The lowest BCUT2D eigenvalue weighted by molar-refractivity contribution is -0.120. The number of likely N-dealkylation sites (N-methyl/N-ethyl adjacent to an activating group) is 1. The molecular formula is C28H28N4O2S. The van der Waals surface area contributed by atoms with Gasteiger partial charge in [-0.25, -0.2) is 0 Å². The highest BCUT2D eigenvalue weighted by molar-refractivity contribution is 8.09. The first-order chi connectivity index (χ1) is 17.0. The van der Waals surface area contributed by atoms with E-state index in [4.69, 9.17) is 0 Å². The van der Waals surface area contributed by atoms with Crippen molar-refractivity contribution in [2.45, 2.75) is 31.2 Å². The molecule has 2 aromatic carbocycles. The molecule has 35 heavy (non-hydrogen) atoms. The summed E-state index contributed by atoms with van der Waals surface area (Å²) in [5.74, 6) is -0.155. The number of fused-ring (bicyclic) bond motifs is 1. The smallest absolute Gasteiger partial charge is 0.255 e. The van der Waals surface area contributed by atoms with Gasteiger partial charge in [0.25, 0.3) is 5.91 Å². The van der Waals surface area contributed by atoms with Crippen LogP contribution in [0.4, 0.5) is 5.69 Å². The van der Waals surface area contributed by atoms with Crippen LogP contribution in [0.15, 0.2) is 73.1 Å². The lowest BCUT2D eigenvalue weighted by atomic mass is 9.99. The molecule has 2 aliphatic rings. The number of hydrogen-bond donors (Lipinski definition) is 2. The Morgan fingerprint density at radius 1 is 1.11 bits per heavy atom. The SMILES string of the molecule is CN1CCc2ccc(NC(=O)c3cccc(CNC(=O)C4CC=C(c5cccnc5)S4)c3)cc2C1. The number of anilines is 1. The Balaban J connectivity index is 1.16. The number of pyridine rings is 1. The molecule has 6 nitrogen and oxygen atoms in total. The van der Waals surface area contributed by atoms with E-state index in [-0.39, 0.29) is 17.1 Å². The number of aromatic nitrogens is 1. The molecule has 2 N–H and O–H groups in total. The van der Waals surface area contributed by atoms with Gasteiger partial charge in [0.15, 0.2) is 0 Å². The predicted octanol–water partition coefficient (Wildman–Crippen LogP) is 4.48. The van der Waals surface area contributed by atoms with Crippen LogP contribution in [0.1, 0.15) is 39.0 Å². The molecule has 178 valence electrons. The van der Waals surface area contributed by atoms with E-state index >= 15 is 0 Å². The van der Waals surface area contributed by atoms with Crippen molar-refractivity contribution in [3.8, 4) is 0 Å². The van der Waals surface area contributed by atoms with E-state index in [1.807, 2.05) is 42.6 Å². The van der Waals surface area contributed by atoms with Gasteiger partial charge in [-0.3, -0.25) is 14.6 Å². The number of allylic oxidation sites excluding steroid dienone is 1. The molecule has 0 saturated carbocycles. The molecule has 5 rings (SSSR count). The first kappa shape index (κ1) is 23.3. The summed E-state index contributed by atoms with van der Waals surface area (Å²) in [5, 5.41) is 5.89. The van der Waals surface area contributed by atoms with E-state index in [2.05, 4.69) is 45.8 Å². The fourth-order valence-electron chi connectivity index (χ4n) is 4.42. The first-order valence-corrected chi connectivity index (χ1v) is 12.7. The number of nitrogens with zero attached hydrogens (tertiary/aromatic N) is 2. The molecule has 0 radical (unpaired) electrons. The van der Waals surface area contributed by atoms with Crippen molar-refractivity contribution < 1.29 is 9.59 Å². The average molecular weight is 485 g/mol. The van der Waals surface area contributed by atoms with Crippen LogP contribution >= 0.6 is 11.8 Å². The minimum Gasteiger partial charge on any atom is -0.351 e. The van der Waals surface area contributed by atoms with Crippen molar-refractivity contribution in [1.82, 2.24) is 15.2 Å². The topological polar surface area (TPSA) is 74.3 Å². The predicted molar refractivity (Wildman–Crippen MR) is 141 cm³/mol. The lowest BCUT2D eigenvalue weighted by Crippen LogP contribution is -2.31. The molecule has 1 aromatic heterocycles.